The number of aromatic nitrogens is 1. The lowest BCUT2D eigenvalue weighted by Crippen LogP contribution is -2.18. The number of aryl methyl sites for hydroxylation is 2. The molecule has 5 nitrogen and oxygen atoms in total. The number of hydrogen-bond donors (Lipinski definition) is 1. The van der Waals surface area contributed by atoms with E-state index in [9.17, 15) is 10.0 Å². The Balaban J connectivity index is 2.05. The van der Waals surface area contributed by atoms with Gasteiger partial charge in [-0.3, -0.25) is 4.79 Å². The topological polar surface area (TPSA) is 78.4 Å². The summed E-state index contributed by atoms with van der Waals surface area (Å²) in [4.78, 5) is 11.7. The van der Waals surface area contributed by atoms with Crippen molar-refractivity contribution in [2.24, 2.45) is 12.2 Å². The first-order valence-electron chi connectivity index (χ1n) is 8.97. The van der Waals surface area contributed by atoms with Crippen molar-refractivity contribution >= 4 is 5.71 Å². The van der Waals surface area contributed by atoms with E-state index in [0.29, 0.717) is 23.3 Å². The molecule has 5 heteroatoms. The van der Waals surface area contributed by atoms with Crippen LogP contribution in [0.15, 0.2) is 76.8 Å². The first-order chi connectivity index (χ1) is 13.5. The zero-order valence-electron chi connectivity index (χ0n) is 15.8. The Labute approximate surface area is 163 Å². The summed E-state index contributed by atoms with van der Waals surface area (Å²) in [6.45, 7) is 2.05. The minimum absolute atomic E-state index is 0.0583. The molecule has 2 aromatic carbocycles. The van der Waals surface area contributed by atoms with Gasteiger partial charge in [-0.05, 0) is 41.8 Å². The van der Waals surface area contributed by atoms with E-state index in [-0.39, 0.29) is 11.5 Å². The van der Waals surface area contributed by atoms with E-state index in [1.807, 2.05) is 37.3 Å². The molecule has 1 unspecified atom stereocenters. The average molecular weight is 371 g/mol. The van der Waals surface area contributed by atoms with Crippen molar-refractivity contribution in [2.75, 3.05) is 0 Å². The van der Waals surface area contributed by atoms with Crippen LogP contribution in [0.3, 0.4) is 0 Å². The van der Waals surface area contributed by atoms with E-state index in [0.717, 1.165) is 16.7 Å². The van der Waals surface area contributed by atoms with E-state index in [1.165, 1.54) is 10.6 Å². The Kier molecular flexibility index (Phi) is 5.71. The summed E-state index contributed by atoms with van der Waals surface area (Å²) < 4.78 is 1.46. The second-order valence-corrected chi connectivity index (χ2v) is 6.76. The SMILES string of the molecule is Cc1ccccc1C(C/C(=N\O)c1ccc(=O)n(C)c1)c1ccc(C#N)cc1. The van der Waals surface area contributed by atoms with Gasteiger partial charge in [-0.2, -0.15) is 5.26 Å². The van der Waals surface area contributed by atoms with Crippen molar-refractivity contribution in [1.82, 2.24) is 4.57 Å². The number of benzene rings is 2. The van der Waals surface area contributed by atoms with Crippen LogP contribution in [-0.2, 0) is 7.05 Å². The highest BCUT2D eigenvalue weighted by Crippen LogP contribution is 2.32. The van der Waals surface area contributed by atoms with Crippen LogP contribution in [0, 0.1) is 18.3 Å². The van der Waals surface area contributed by atoms with Crippen molar-refractivity contribution in [2.45, 2.75) is 19.3 Å². The highest BCUT2D eigenvalue weighted by Gasteiger charge is 2.20. The molecule has 3 rings (SSSR count). The van der Waals surface area contributed by atoms with E-state index in [4.69, 9.17) is 5.26 Å². The summed E-state index contributed by atoms with van der Waals surface area (Å²) in [5, 5.41) is 22.3. The first kappa shape index (κ1) is 19.1. The predicted octanol–water partition coefficient (Wildman–Crippen LogP) is 3.97. The first-order valence-corrected chi connectivity index (χ1v) is 8.97. The van der Waals surface area contributed by atoms with Crippen LogP contribution in [0.25, 0.3) is 0 Å². The second-order valence-electron chi connectivity index (χ2n) is 6.76. The molecule has 1 heterocycles. The van der Waals surface area contributed by atoms with Gasteiger partial charge in [0.15, 0.2) is 0 Å². The Hall–Kier alpha value is -3.65. The van der Waals surface area contributed by atoms with Gasteiger partial charge < -0.3 is 9.77 Å². The normalized spacial score (nSPS) is 12.4. The molecule has 0 aliphatic heterocycles. The van der Waals surface area contributed by atoms with Crippen molar-refractivity contribution in [3.63, 3.8) is 0 Å². The fraction of sp³-hybridized carbons (Fsp3) is 0.174. The fourth-order valence-corrected chi connectivity index (χ4v) is 3.35. The number of pyridine rings is 1. The highest BCUT2D eigenvalue weighted by atomic mass is 16.4. The molecule has 0 saturated heterocycles. The largest absolute Gasteiger partial charge is 0.411 e. The molecule has 1 N–H and O–H groups in total. The predicted molar refractivity (Wildman–Crippen MR) is 109 cm³/mol. The molecule has 0 saturated carbocycles. The Morgan fingerprint density at radius 1 is 1.14 bits per heavy atom. The molecule has 0 amide bonds. The standard InChI is InChI=1S/C23H21N3O2/c1-16-5-3-4-6-20(16)21(18-9-7-17(14-24)8-10-18)13-22(25-28)19-11-12-23(27)26(2)15-19/h3-12,15,21,28H,13H2,1-2H3/b25-22+. The summed E-state index contributed by atoms with van der Waals surface area (Å²) in [6.07, 6.45) is 2.12. The van der Waals surface area contributed by atoms with Crippen LogP contribution in [0.2, 0.25) is 0 Å². The molecule has 3 aromatic rings. The monoisotopic (exact) mass is 371 g/mol. The summed E-state index contributed by atoms with van der Waals surface area (Å²) in [7, 11) is 1.67. The third-order valence-corrected chi connectivity index (χ3v) is 4.94. The summed E-state index contributed by atoms with van der Waals surface area (Å²) in [5.74, 6) is -0.0583. The number of rotatable bonds is 5. The van der Waals surface area contributed by atoms with Crippen LogP contribution in [-0.4, -0.2) is 15.5 Å². The quantitative estimate of drug-likeness (QED) is 0.419. The number of nitriles is 1. The van der Waals surface area contributed by atoms with Crippen LogP contribution < -0.4 is 5.56 Å². The number of nitrogens with zero attached hydrogens (tertiary/aromatic N) is 3. The Morgan fingerprint density at radius 2 is 1.86 bits per heavy atom. The minimum atomic E-state index is -0.122. The minimum Gasteiger partial charge on any atom is -0.411 e. The van der Waals surface area contributed by atoms with Gasteiger partial charge in [0, 0.05) is 37.2 Å². The second kappa shape index (κ2) is 8.36. The van der Waals surface area contributed by atoms with Gasteiger partial charge in [-0.25, -0.2) is 0 Å². The average Bonchev–Trinajstić information content (AvgIpc) is 2.72. The lowest BCUT2D eigenvalue weighted by atomic mass is 9.83. The summed E-state index contributed by atoms with van der Waals surface area (Å²) in [5.41, 5.74) is 4.95. The van der Waals surface area contributed by atoms with Gasteiger partial charge in [0.05, 0.1) is 17.3 Å². The molecular weight excluding hydrogens is 350 g/mol. The Morgan fingerprint density at radius 3 is 2.46 bits per heavy atom. The molecule has 1 aromatic heterocycles. The van der Waals surface area contributed by atoms with Gasteiger partial charge >= 0.3 is 0 Å². The third-order valence-electron chi connectivity index (χ3n) is 4.94. The molecule has 0 radical (unpaired) electrons. The van der Waals surface area contributed by atoms with Crippen molar-refractivity contribution in [1.29, 1.82) is 5.26 Å². The third kappa shape index (κ3) is 4.02. The molecule has 0 fully saturated rings. The van der Waals surface area contributed by atoms with Gasteiger partial charge in [-0.15, -0.1) is 0 Å². The van der Waals surface area contributed by atoms with E-state index in [2.05, 4.69) is 17.3 Å². The fourth-order valence-electron chi connectivity index (χ4n) is 3.35. The van der Waals surface area contributed by atoms with Gasteiger partial charge in [0.1, 0.15) is 0 Å². The zero-order valence-corrected chi connectivity index (χ0v) is 15.8. The summed E-state index contributed by atoms with van der Waals surface area (Å²) >= 11 is 0. The maximum atomic E-state index is 11.7. The molecule has 0 aliphatic rings. The van der Waals surface area contributed by atoms with Crippen LogP contribution in [0.5, 0.6) is 0 Å². The lowest BCUT2D eigenvalue weighted by Gasteiger charge is -2.21. The van der Waals surface area contributed by atoms with E-state index in [1.54, 1.807) is 31.4 Å². The molecule has 0 bridgehead atoms. The van der Waals surface area contributed by atoms with E-state index < -0.39 is 0 Å². The maximum Gasteiger partial charge on any atom is 0.250 e. The molecular formula is C23H21N3O2. The molecule has 0 aliphatic carbocycles. The molecule has 1 atom stereocenters. The molecule has 140 valence electrons. The van der Waals surface area contributed by atoms with Gasteiger partial charge in [-0.1, -0.05) is 41.6 Å². The van der Waals surface area contributed by atoms with Crippen LogP contribution in [0.1, 0.15) is 40.2 Å². The highest BCUT2D eigenvalue weighted by molar-refractivity contribution is 6.00. The smallest absolute Gasteiger partial charge is 0.250 e. The van der Waals surface area contributed by atoms with E-state index >= 15 is 0 Å². The van der Waals surface area contributed by atoms with Crippen LogP contribution in [0.4, 0.5) is 0 Å². The zero-order chi connectivity index (χ0) is 20.1. The van der Waals surface area contributed by atoms with Gasteiger partial charge in [0.25, 0.3) is 0 Å². The molecule has 0 spiro atoms. The Bertz CT molecular complexity index is 1110. The van der Waals surface area contributed by atoms with Crippen molar-refractivity contribution < 1.29 is 5.21 Å². The van der Waals surface area contributed by atoms with Crippen molar-refractivity contribution in [3.05, 3.63) is 105 Å². The van der Waals surface area contributed by atoms with Crippen molar-refractivity contribution in [3.8, 4) is 6.07 Å². The number of hydrogen-bond acceptors (Lipinski definition) is 4. The number of oxime groups is 1. The summed E-state index contributed by atoms with van der Waals surface area (Å²) in [6, 6.07) is 20.8. The molecule has 28 heavy (non-hydrogen) atoms. The lowest BCUT2D eigenvalue weighted by molar-refractivity contribution is 0.317. The van der Waals surface area contributed by atoms with Gasteiger partial charge in [0.2, 0.25) is 5.56 Å². The maximum absolute atomic E-state index is 11.7. The van der Waals surface area contributed by atoms with Crippen LogP contribution >= 0.6 is 0 Å².